The predicted octanol–water partition coefficient (Wildman–Crippen LogP) is 1.16. The third kappa shape index (κ3) is 29.3. The molecule has 0 bridgehead atoms. The van der Waals surface area contributed by atoms with Gasteiger partial charge in [-0.05, 0) is 5.92 Å². The normalized spacial score (nSPS) is 13.8. The molecule has 1 rings (SSSR count). The lowest BCUT2D eigenvalue weighted by molar-refractivity contribution is -0.137. The van der Waals surface area contributed by atoms with E-state index in [1.54, 1.807) is 0 Å². The molecule has 1 heterocycles. The zero-order valence-corrected chi connectivity index (χ0v) is 29.3. The fourth-order valence-corrected chi connectivity index (χ4v) is 3.63. The molecule has 0 N–H and O–H groups in total. The number of rotatable bonds is 39. The third-order valence-corrected chi connectivity index (χ3v) is 6.55. The molecule has 0 aromatic rings. The summed E-state index contributed by atoms with van der Waals surface area (Å²) in [5, 5.41) is 0. The summed E-state index contributed by atoms with van der Waals surface area (Å²) in [4.78, 5) is 23.9. The Kier molecular flexibility index (Phi) is 32.6. The molecule has 1 aliphatic rings. The van der Waals surface area contributed by atoms with E-state index < -0.39 is 0 Å². The van der Waals surface area contributed by atoms with Crippen molar-refractivity contribution in [2.24, 2.45) is 5.92 Å². The Morgan fingerprint density at radius 2 is 0.646 bits per heavy atom. The first-order valence-electron chi connectivity index (χ1n) is 17.1. The van der Waals surface area contributed by atoms with Crippen molar-refractivity contribution in [1.82, 2.24) is 4.90 Å². The van der Waals surface area contributed by atoms with Gasteiger partial charge in [0.1, 0.15) is 0 Å². The number of hydrogen-bond donors (Lipinski definition) is 0. The van der Waals surface area contributed by atoms with Crippen molar-refractivity contribution in [3.05, 3.63) is 12.2 Å². The van der Waals surface area contributed by atoms with Gasteiger partial charge in [0.15, 0.2) is 0 Å². The first-order valence-corrected chi connectivity index (χ1v) is 17.1. The summed E-state index contributed by atoms with van der Waals surface area (Å²) in [6, 6.07) is 0. The first kappa shape index (κ1) is 44.4. The van der Waals surface area contributed by atoms with Crippen LogP contribution >= 0.6 is 0 Å². The Labute approximate surface area is 286 Å². The van der Waals surface area contributed by atoms with Gasteiger partial charge in [-0.1, -0.05) is 20.3 Å². The van der Waals surface area contributed by atoms with Crippen LogP contribution in [-0.2, 0) is 66.4 Å². The highest BCUT2D eigenvalue weighted by atomic mass is 16.6. The quantitative estimate of drug-likeness (QED) is 0.0669. The van der Waals surface area contributed by atoms with Crippen LogP contribution in [0.1, 0.15) is 20.3 Å². The number of amides is 2. The molecular weight excluding hydrogens is 634 g/mol. The first-order chi connectivity index (χ1) is 23.6. The molecule has 2 amide bonds. The third-order valence-electron chi connectivity index (χ3n) is 6.55. The molecule has 15 heteroatoms. The van der Waals surface area contributed by atoms with Crippen LogP contribution in [0.25, 0.3) is 0 Å². The molecule has 1 aliphatic heterocycles. The Balaban J connectivity index is 1.62. The van der Waals surface area contributed by atoms with Crippen LogP contribution in [-0.4, -0.2) is 182 Å². The van der Waals surface area contributed by atoms with Gasteiger partial charge in [-0.25, -0.2) is 0 Å². The maximum absolute atomic E-state index is 11.4. The second kappa shape index (κ2) is 35.2. The molecule has 0 aromatic heterocycles. The average molecular weight is 696 g/mol. The van der Waals surface area contributed by atoms with E-state index in [0.717, 1.165) is 17.9 Å². The fraction of sp³-hybridized carbons (Fsp3) is 0.879. The number of hydrogen-bond acceptors (Lipinski definition) is 14. The van der Waals surface area contributed by atoms with Crippen LogP contribution in [0.15, 0.2) is 12.2 Å². The van der Waals surface area contributed by atoms with Gasteiger partial charge in [0.25, 0.3) is 11.8 Å². The summed E-state index contributed by atoms with van der Waals surface area (Å²) < 4.78 is 65.5. The number of carbonyl (C=O) groups excluding carboxylic acids is 2. The van der Waals surface area contributed by atoms with E-state index in [0.29, 0.717) is 151 Å². The molecule has 0 saturated heterocycles. The molecule has 1 atom stereocenters. The lowest BCUT2D eigenvalue weighted by atomic mass is 10.1. The van der Waals surface area contributed by atoms with Crippen molar-refractivity contribution in [2.45, 2.75) is 20.3 Å². The van der Waals surface area contributed by atoms with Crippen molar-refractivity contribution < 1.29 is 66.4 Å². The molecule has 282 valence electrons. The Bertz CT molecular complexity index is 742. The molecule has 0 spiro atoms. The van der Waals surface area contributed by atoms with Gasteiger partial charge in [-0.3, -0.25) is 14.5 Å². The summed E-state index contributed by atoms with van der Waals surface area (Å²) in [7, 11) is 0. The van der Waals surface area contributed by atoms with Gasteiger partial charge in [0, 0.05) is 18.8 Å². The molecule has 48 heavy (non-hydrogen) atoms. The van der Waals surface area contributed by atoms with Gasteiger partial charge in [0.05, 0.1) is 159 Å². The summed E-state index contributed by atoms with van der Waals surface area (Å²) in [5.41, 5.74) is 0. The smallest absolute Gasteiger partial charge is 0.253 e. The molecule has 0 fully saturated rings. The Morgan fingerprint density at radius 1 is 0.417 bits per heavy atom. The molecule has 0 aliphatic carbocycles. The highest BCUT2D eigenvalue weighted by Gasteiger charge is 2.22. The van der Waals surface area contributed by atoms with Crippen LogP contribution < -0.4 is 0 Å². The van der Waals surface area contributed by atoms with Crippen molar-refractivity contribution in [2.75, 3.05) is 165 Å². The largest absolute Gasteiger partial charge is 0.379 e. The van der Waals surface area contributed by atoms with Gasteiger partial charge in [0.2, 0.25) is 0 Å². The SMILES string of the molecule is CCC(C)COCCOCCOCCOCCOCCOCCOCCOCCOCCOCCOCCOCCN1C(=O)C=CC1=O. The maximum Gasteiger partial charge on any atom is 0.253 e. The summed E-state index contributed by atoms with van der Waals surface area (Å²) in [5.74, 6) is -0.0207. The van der Waals surface area contributed by atoms with Gasteiger partial charge < -0.3 is 56.8 Å². The second-order valence-corrected chi connectivity index (χ2v) is 10.5. The molecule has 0 saturated carbocycles. The van der Waals surface area contributed by atoms with E-state index in [1.807, 2.05) is 0 Å². The summed E-state index contributed by atoms with van der Waals surface area (Å²) in [6.45, 7) is 16.6. The van der Waals surface area contributed by atoms with E-state index in [2.05, 4.69) is 13.8 Å². The van der Waals surface area contributed by atoms with Crippen molar-refractivity contribution in [1.29, 1.82) is 0 Å². The standard InChI is InChI=1S/C33H61NO14/c1-3-31(2)30-48-29-28-47-27-26-46-25-24-45-23-22-44-21-20-43-19-18-42-17-16-41-15-14-40-13-12-39-11-10-38-9-8-37-7-6-34-32(35)4-5-33(34)36/h4-5,31H,3,6-30H2,1-2H3. The minimum Gasteiger partial charge on any atom is -0.379 e. The number of ether oxygens (including phenoxy) is 12. The number of nitrogens with zero attached hydrogens (tertiary/aromatic N) is 1. The van der Waals surface area contributed by atoms with E-state index in [9.17, 15) is 9.59 Å². The summed E-state index contributed by atoms with van der Waals surface area (Å²) >= 11 is 0. The van der Waals surface area contributed by atoms with Crippen LogP contribution in [0.3, 0.4) is 0 Å². The average Bonchev–Trinajstić information content (AvgIpc) is 3.41. The Hall–Kier alpha value is -1.60. The minimum absolute atomic E-state index is 0.240. The lowest BCUT2D eigenvalue weighted by Gasteiger charge is -2.13. The van der Waals surface area contributed by atoms with Crippen LogP contribution in [0, 0.1) is 5.92 Å². The van der Waals surface area contributed by atoms with Gasteiger partial charge in [-0.15, -0.1) is 0 Å². The number of imide groups is 1. The monoisotopic (exact) mass is 695 g/mol. The fourth-order valence-electron chi connectivity index (χ4n) is 3.63. The van der Waals surface area contributed by atoms with E-state index in [4.69, 9.17) is 56.8 Å². The highest BCUT2D eigenvalue weighted by Crippen LogP contribution is 2.02. The van der Waals surface area contributed by atoms with Crippen LogP contribution in [0.2, 0.25) is 0 Å². The van der Waals surface area contributed by atoms with Gasteiger partial charge >= 0.3 is 0 Å². The Morgan fingerprint density at radius 3 is 0.896 bits per heavy atom. The molecular formula is C33H61NO14. The molecule has 1 unspecified atom stereocenters. The van der Waals surface area contributed by atoms with Crippen molar-refractivity contribution >= 4 is 11.8 Å². The van der Waals surface area contributed by atoms with Crippen molar-refractivity contribution in [3.63, 3.8) is 0 Å². The topological polar surface area (TPSA) is 148 Å². The number of carbonyl (C=O) groups is 2. The molecule has 0 aromatic carbocycles. The van der Waals surface area contributed by atoms with Crippen LogP contribution in [0.5, 0.6) is 0 Å². The second-order valence-electron chi connectivity index (χ2n) is 10.5. The minimum atomic E-state index is -0.306. The van der Waals surface area contributed by atoms with E-state index >= 15 is 0 Å². The molecule has 0 radical (unpaired) electrons. The zero-order chi connectivity index (χ0) is 34.6. The van der Waals surface area contributed by atoms with E-state index in [1.165, 1.54) is 12.2 Å². The highest BCUT2D eigenvalue weighted by molar-refractivity contribution is 6.12. The predicted molar refractivity (Wildman–Crippen MR) is 175 cm³/mol. The van der Waals surface area contributed by atoms with Crippen molar-refractivity contribution in [3.8, 4) is 0 Å². The zero-order valence-electron chi connectivity index (χ0n) is 29.3. The van der Waals surface area contributed by atoms with Gasteiger partial charge in [-0.2, -0.15) is 0 Å². The van der Waals surface area contributed by atoms with E-state index in [-0.39, 0.29) is 25.0 Å². The van der Waals surface area contributed by atoms with Crippen LogP contribution in [0.4, 0.5) is 0 Å². The molecule has 15 nitrogen and oxygen atoms in total. The maximum atomic E-state index is 11.4. The lowest BCUT2D eigenvalue weighted by Crippen LogP contribution is -2.33. The summed E-state index contributed by atoms with van der Waals surface area (Å²) in [6.07, 6.45) is 3.64.